The molecule has 6 heteroatoms. The van der Waals surface area contributed by atoms with Gasteiger partial charge in [0.25, 0.3) is 0 Å². The van der Waals surface area contributed by atoms with Gasteiger partial charge in [0, 0.05) is 20.9 Å². The average Bonchev–Trinajstić information content (AvgIpc) is 2.75. The highest BCUT2D eigenvalue weighted by molar-refractivity contribution is 7.85. The smallest absolute Gasteiger partial charge is 0.163 e. The molecule has 1 heterocycles. The number of phenolic OH excluding ortho intramolecular Hbond substituents is 1. The van der Waals surface area contributed by atoms with Crippen LogP contribution in [-0.4, -0.2) is 24.3 Å². The number of nitrogens with zero attached hydrogens (tertiary/aromatic N) is 3. The van der Waals surface area contributed by atoms with E-state index in [2.05, 4.69) is 15.0 Å². The highest BCUT2D eigenvalue weighted by Crippen LogP contribution is 2.23. The van der Waals surface area contributed by atoms with Crippen LogP contribution in [-0.2, 0) is 10.8 Å². The van der Waals surface area contributed by atoms with E-state index in [0.29, 0.717) is 21.4 Å². The maximum atomic E-state index is 12.6. The fourth-order valence-corrected chi connectivity index (χ4v) is 3.63. The van der Waals surface area contributed by atoms with Crippen molar-refractivity contribution in [2.24, 2.45) is 0 Å². The van der Waals surface area contributed by atoms with Crippen molar-refractivity contribution in [3.05, 3.63) is 85.2 Å². The third-order valence-electron chi connectivity index (χ3n) is 3.98. The first kappa shape index (κ1) is 17.1. The van der Waals surface area contributed by atoms with Crippen LogP contribution in [0.2, 0.25) is 0 Å². The van der Waals surface area contributed by atoms with Crippen LogP contribution in [0.4, 0.5) is 0 Å². The number of hydrogen-bond acceptors (Lipinski definition) is 5. The van der Waals surface area contributed by atoms with Crippen molar-refractivity contribution >= 4 is 10.8 Å². The molecule has 4 rings (SSSR count). The Kier molecular flexibility index (Phi) is 4.72. The third kappa shape index (κ3) is 3.75. The SMILES string of the molecule is O=S(c1ccc(O)cc1)c1ccc(-c2ncnc(-c3ccccc3)n2)cc1. The molecule has 1 aromatic heterocycles. The third-order valence-corrected chi connectivity index (χ3v) is 5.38. The van der Waals surface area contributed by atoms with Gasteiger partial charge in [0.15, 0.2) is 11.6 Å². The molecular weight excluding hydrogens is 358 g/mol. The van der Waals surface area contributed by atoms with E-state index in [1.165, 1.54) is 18.5 Å². The van der Waals surface area contributed by atoms with E-state index in [0.717, 1.165) is 11.1 Å². The first-order valence-electron chi connectivity index (χ1n) is 8.26. The molecule has 1 N–H and O–H groups in total. The quantitative estimate of drug-likeness (QED) is 0.583. The second-order valence-electron chi connectivity index (χ2n) is 5.79. The Morgan fingerprint density at radius 3 is 1.78 bits per heavy atom. The summed E-state index contributed by atoms with van der Waals surface area (Å²) in [7, 11) is -1.32. The molecule has 1 atom stereocenters. The summed E-state index contributed by atoms with van der Waals surface area (Å²) in [4.78, 5) is 14.3. The number of benzene rings is 3. The molecule has 132 valence electrons. The van der Waals surface area contributed by atoms with Gasteiger partial charge in [-0.3, -0.25) is 0 Å². The molecule has 4 aromatic rings. The van der Waals surface area contributed by atoms with E-state index in [4.69, 9.17) is 0 Å². The Hall–Kier alpha value is -3.38. The first-order valence-corrected chi connectivity index (χ1v) is 9.41. The van der Waals surface area contributed by atoms with Gasteiger partial charge in [0.1, 0.15) is 12.1 Å². The van der Waals surface area contributed by atoms with E-state index in [-0.39, 0.29) is 5.75 Å². The maximum Gasteiger partial charge on any atom is 0.163 e. The van der Waals surface area contributed by atoms with Gasteiger partial charge in [0.05, 0.1) is 10.8 Å². The number of aromatic nitrogens is 3. The maximum absolute atomic E-state index is 12.6. The fraction of sp³-hybridized carbons (Fsp3) is 0. The number of rotatable bonds is 4. The molecule has 0 amide bonds. The number of phenols is 1. The van der Waals surface area contributed by atoms with Crippen LogP contribution in [0, 0.1) is 0 Å². The van der Waals surface area contributed by atoms with Crippen LogP contribution in [0.5, 0.6) is 5.75 Å². The highest BCUT2D eigenvalue weighted by atomic mass is 32.2. The van der Waals surface area contributed by atoms with Gasteiger partial charge in [-0.05, 0) is 48.5 Å². The molecule has 0 saturated carbocycles. The van der Waals surface area contributed by atoms with E-state index in [1.807, 2.05) is 42.5 Å². The fourth-order valence-electron chi connectivity index (χ4n) is 2.60. The van der Waals surface area contributed by atoms with E-state index >= 15 is 0 Å². The largest absolute Gasteiger partial charge is 0.508 e. The van der Waals surface area contributed by atoms with Gasteiger partial charge >= 0.3 is 0 Å². The summed E-state index contributed by atoms with van der Waals surface area (Å²) in [5, 5.41) is 9.36. The Bertz CT molecular complexity index is 1080. The molecule has 0 fully saturated rings. The molecule has 5 nitrogen and oxygen atoms in total. The van der Waals surface area contributed by atoms with Gasteiger partial charge in [0.2, 0.25) is 0 Å². The van der Waals surface area contributed by atoms with Crippen LogP contribution in [0.15, 0.2) is 95.0 Å². The molecule has 0 bridgehead atoms. The number of hydrogen-bond donors (Lipinski definition) is 1. The minimum Gasteiger partial charge on any atom is -0.508 e. The normalized spacial score (nSPS) is 11.9. The van der Waals surface area contributed by atoms with Gasteiger partial charge < -0.3 is 5.11 Å². The Labute approximate surface area is 158 Å². The second-order valence-corrected chi connectivity index (χ2v) is 7.27. The molecule has 0 radical (unpaired) electrons. The zero-order chi connectivity index (χ0) is 18.6. The minimum atomic E-state index is -1.32. The summed E-state index contributed by atoms with van der Waals surface area (Å²) in [6, 6.07) is 23.3. The van der Waals surface area contributed by atoms with E-state index in [9.17, 15) is 9.32 Å². The van der Waals surface area contributed by atoms with Crippen LogP contribution in [0.25, 0.3) is 22.8 Å². The van der Waals surface area contributed by atoms with Crippen LogP contribution < -0.4 is 0 Å². The molecule has 27 heavy (non-hydrogen) atoms. The number of aromatic hydroxyl groups is 1. The minimum absolute atomic E-state index is 0.148. The predicted molar refractivity (Wildman–Crippen MR) is 103 cm³/mol. The van der Waals surface area contributed by atoms with Crippen molar-refractivity contribution in [3.63, 3.8) is 0 Å². The first-order chi connectivity index (χ1) is 13.2. The lowest BCUT2D eigenvalue weighted by molar-refractivity contribution is 0.475. The molecular formula is C21H15N3O2S. The van der Waals surface area contributed by atoms with E-state index in [1.54, 1.807) is 24.3 Å². The van der Waals surface area contributed by atoms with Crippen molar-refractivity contribution in [1.29, 1.82) is 0 Å². The standard InChI is InChI=1S/C21H15N3O2S/c25-17-8-12-19(13-9-17)27(26)18-10-6-16(7-11-18)21-23-14-22-20(24-21)15-4-2-1-3-5-15/h1-14,25H. The van der Waals surface area contributed by atoms with Crippen LogP contribution in [0.3, 0.4) is 0 Å². The zero-order valence-corrected chi connectivity index (χ0v) is 15.0. The topological polar surface area (TPSA) is 76.0 Å². The lowest BCUT2D eigenvalue weighted by Gasteiger charge is -2.06. The Morgan fingerprint density at radius 1 is 0.667 bits per heavy atom. The van der Waals surface area contributed by atoms with Crippen molar-refractivity contribution in [1.82, 2.24) is 15.0 Å². The summed E-state index contributed by atoms with van der Waals surface area (Å²) in [5.74, 6) is 1.32. The summed E-state index contributed by atoms with van der Waals surface area (Å²) in [6.07, 6.45) is 1.49. The molecule has 0 saturated heterocycles. The molecule has 0 spiro atoms. The lowest BCUT2D eigenvalue weighted by atomic mass is 10.2. The van der Waals surface area contributed by atoms with Crippen molar-refractivity contribution in [2.75, 3.05) is 0 Å². The van der Waals surface area contributed by atoms with Crippen LogP contribution in [0.1, 0.15) is 0 Å². The van der Waals surface area contributed by atoms with Gasteiger partial charge in [-0.15, -0.1) is 0 Å². The average molecular weight is 373 g/mol. The summed E-state index contributed by atoms with van der Waals surface area (Å²) in [6.45, 7) is 0. The zero-order valence-electron chi connectivity index (χ0n) is 14.2. The summed E-state index contributed by atoms with van der Waals surface area (Å²) < 4.78 is 12.6. The Balaban J connectivity index is 1.61. The second kappa shape index (κ2) is 7.47. The van der Waals surface area contributed by atoms with Crippen LogP contribution >= 0.6 is 0 Å². The van der Waals surface area contributed by atoms with Gasteiger partial charge in [-0.1, -0.05) is 30.3 Å². The van der Waals surface area contributed by atoms with Crippen molar-refractivity contribution in [2.45, 2.75) is 9.79 Å². The Morgan fingerprint density at radius 2 is 1.19 bits per heavy atom. The lowest BCUT2D eigenvalue weighted by Crippen LogP contribution is -1.96. The molecule has 3 aromatic carbocycles. The summed E-state index contributed by atoms with van der Waals surface area (Å²) >= 11 is 0. The highest BCUT2D eigenvalue weighted by Gasteiger charge is 2.10. The summed E-state index contributed by atoms with van der Waals surface area (Å²) in [5.41, 5.74) is 1.74. The van der Waals surface area contributed by atoms with Crippen molar-refractivity contribution in [3.8, 4) is 28.5 Å². The molecule has 0 aliphatic heterocycles. The van der Waals surface area contributed by atoms with Gasteiger partial charge in [-0.25, -0.2) is 19.2 Å². The molecule has 0 aliphatic rings. The van der Waals surface area contributed by atoms with Crippen molar-refractivity contribution < 1.29 is 9.32 Å². The predicted octanol–water partition coefficient (Wildman–Crippen LogP) is 4.08. The molecule has 1 unspecified atom stereocenters. The molecule has 0 aliphatic carbocycles. The van der Waals surface area contributed by atoms with Gasteiger partial charge in [-0.2, -0.15) is 0 Å². The van der Waals surface area contributed by atoms with E-state index < -0.39 is 10.8 Å². The monoisotopic (exact) mass is 373 g/mol.